The summed E-state index contributed by atoms with van der Waals surface area (Å²) in [5, 5.41) is 11.9. The van der Waals surface area contributed by atoms with E-state index in [-0.39, 0.29) is 5.56 Å². The first kappa shape index (κ1) is 18.9. The molecule has 9 heteroatoms. The Hall–Kier alpha value is -3.85. The van der Waals surface area contributed by atoms with Crippen molar-refractivity contribution in [1.29, 1.82) is 0 Å². The fourth-order valence-corrected chi connectivity index (χ4v) is 4.49. The zero-order valence-electron chi connectivity index (χ0n) is 16.7. The van der Waals surface area contributed by atoms with Gasteiger partial charge in [0.2, 0.25) is 0 Å². The fraction of sp³-hybridized carbons (Fsp3) is 0.130. The molecule has 1 aromatic carbocycles. The lowest BCUT2D eigenvalue weighted by atomic mass is 10.1. The summed E-state index contributed by atoms with van der Waals surface area (Å²) in [5.41, 5.74) is 4.97. The van der Waals surface area contributed by atoms with Gasteiger partial charge in [-0.3, -0.25) is 19.6 Å². The summed E-state index contributed by atoms with van der Waals surface area (Å²) < 4.78 is 16.8. The van der Waals surface area contributed by atoms with Gasteiger partial charge < -0.3 is 0 Å². The van der Waals surface area contributed by atoms with Crippen LogP contribution in [0.3, 0.4) is 0 Å². The lowest BCUT2D eigenvalue weighted by molar-refractivity contribution is 0.102. The molecule has 158 valence electrons. The third kappa shape index (κ3) is 3.36. The van der Waals surface area contributed by atoms with E-state index < -0.39 is 11.7 Å². The molecule has 1 amide bonds. The fourth-order valence-electron chi connectivity index (χ4n) is 3.71. The zero-order valence-corrected chi connectivity index (χ0v) is 17.6. The van der Waals surface area contributed by atoms with Crippen LogP contribution in [-0.4, -0.2) is 30.5 Å². The maximum atomic E-state index is 14.9. The van der Waals surface area contributed by atoms with E-state index in [1.807, 2.05) is 28.1 Å². The molecule has 0 unspecified atom stereocenters. The number of carbonyl (C=O) groups is 1. The molecule has 2 N–H and O–H groups in total. The molecule has 0 spiro atoms. The first-order chi connectivity index (χ1) is 15.7. The van der Waals surface area contributed by atoms with Gasteiger partial charge in [-0.15, -0.1) is 11.3 Å². The van der Waals surface area contributed by atoms with Crippen LogP contribution < -0.4 is 5.32 Å². The first-order valence-corrected chi connectivity index (χ1v) is 11.1. The van der Waals surface area contributed by atoms with E-state index in [4.69, 9.17) is 0 Å². The van der Waals surface area contributed by atoms with Crippen LogP contribution in [0, 0.1) is 5.82 Å². The van der Waals surface area contributed by atoms with Gasteiger partial charge in [-0.1, -0.05) is 6.07 Å². The minimum Gasteiger partial charge on any atom is -0.299 e. The number of fused-ring (bicyclic) bond motifs is 1. The highest BCUT2D eigenvalue weighted by molar-refractivity contribution is 7.14. The number of thiazole rings is 1. The molecule has 32 heavy (non-hydrogen) atoms. The number of anilines is 1. The van der Waals surface area contributed by atoms with E-state index in [0.717, 1.165) is 41.0 Å². The molecule has 1 aliphatic carbocycles. The number of benzene rings is 1. The lowest BCUT2D eigenvalue weighted by Gasteiger charge is -2.07. The van der Waals surface area contributed by atoms with E-state index in [0.29, 0.717) is 16.6 Å². The predicted molar refractivity (Wildman–Crippen MR) is 120 cm³/mol. The van der Waals surface area contributed by atoms with Gasteiger partial charge in [-0.05, 0) is 37.1 Å². The number of halogens is 1. The zero-order chi connectivity index (χ0) is 21.7. The van der Waals surface area contributed by atoms with Crippen LogP contribution in [0.15, 0.2) is 60.5 Å². The van der Waals surface area contributed by atoms with Crippen LogP contribution in [-0.2, 0) is 0 Å². The van der Waals surface area contributed by atoms with E-state index in [9.17, 15) is 9.18 Å². The highest BCUT2D eigenvalue weighted by Gasteiger charge is 2.26. The number of aromatic amines is 1. The van der Waals surface area contributed by atoms with Crippen LogP contribution in [0.25, 0.3) is 28.0 Å². The summed E-state index contributed by atoms with van der Waals surface area (Å²) in [6.45, 7) is 0. The van der Waals surface area contributed by atoms with Crippen molar-refractivity contribution in [2.45, 2.75) is 18.8 Å². The molecule has 5 aromatic rings. The number of rotatable bonds is 5. The van der Waals surface area contributed by atoms with Crippen molar-refractivity contribution in [3.05, 3.63) is 77.6 Å². The topological polar surface area (TPSA) is 88.0 Å². The second-order valence-electron chi connectivity index (χ2n) is 7.78. The molecule has 0 bridgehead atoms. The molecular weight excluding hydrogens is 427 g/mol. The number of amides is 1. The Morgan fingerprint density at radius 2 is 2.03 bits per heavy atom. The average molecular weight is 444 g/mol. The summed E-state index contributed by atoms with van der Waals surface area (Å²) in [4.78, 5) is 21.5. The normalized spacial score (nSPS) is 13.5. The Morgan fingerprint density at radius 3 is 2.81 bits per heavy atom. The van der Waals surface area contributed by atoms with Crippen LogP contribution >= 0.6 is 11.3 Å². The first-order valence-electron chi connectivity index (χ1n) is 10.2. The molecule has 0 saturated heterocycles. The van der Waals surface area contributed by atoms with Crippen molar-refractivity contribution < 1.29 is 9.18 Å². The maximum Gasteiger partial charge on any atom is 0.260 e. The van der Waals surface area contributed by atoms with Crippen LogP contribution in [0.1, 0.15) is 34.8 Å². The third-order valence-corrected chi connectivity index (χ3v) is 6.36. The standard InChI is InChI=1S/C23H17FN6OS/c24-18-7-14(3-5-17(18)22(31)29-23-28-19(12-32-23)13-1-2-13)20-10-25-21-6-4-15(11-30(20)21)16-8-26-27-9-16/h3-13H,1-2H2,(H,26,27)(H,28,29,31). The molecule has 1 saturated carbocycles. The van der Waals surface area contributed by atoms with Gasteiger partial charge in [0.05, 0.1) is 29.3 Å². The van der Waals surface area contributed by atoms with Crippen molar-refractivity contribution in [2.75, 3.05) is 5.32 Å². The number of aromatic nitrogens is 5. The molecule has 4 heterocycles. The number of nitrogens with zero attached hydrogens (tertiary/aromatic N) is 4. The maximum absolute atomic E-state index is 14.9. The summed E-state index contributed by atoms with van der Waals surface area (Å²) in [7, 11) is 0. The van der Waals surface area contributed by atoms with Crippen molar-refractivity contribution in [2.24, 2.45) is 0 Å². The van der Waals surface area contributed by atoms with Crippen LogP contribution in [0.2, 0.25) is 0 Å². The molecule has 7 nitrogen and oxygen atoms in total. The highest BCUT2D eigenvalue weighted by Crippen LogP contribution is 2.41. The third-order valence-electron chi connectivity index (χ3n) is 5.58. The Bertz CT molecular complexity index is 1450. The Kier molecular flexibility index (Phi) is 4.36. The summed E-state index contributed by atoms with van der Waals surface area (Å²) in [6.07, 6.45) is 9.45. The van der Waals surface area contributed by atoms with E-state index >= 15 is 0 Å². The number of hydrogen-bond acceptors (Lipinski definition) is 5. The number of H-pyrrole nitrogens is 1. The highest BCUT2D eigenvalue weighted by atomic mass is 32.1. The Morgan fingerprint density at radius 1 is 1.16 bits per heavy atom. The van der Waals surface area contributed by atoms with Gasteiger partial charge >= 0.3 is 0 Å². The van der Waals surface area contributed by atoms with Crippen LogP contribution in [0.5, 0.6) is 0 Å². The number of hydrogen-bond donors (Lipinski definition) is 2. The second kappa shape index (κ2) is 7.38. The molecule has 1 aliphatic rings. The van der Waals surface area contributed by atoms with Crippen LogP contribution in [0.4, 0.5) is 9.52 Å². The predicted octanol–water partition coefficient (Wildman–Crippen LogP) is 5.12. The van der Waals surface area contributed by atoms with Crippen molar-refractivity contribution in [1.82, 2.24) is 24.6 Å². The second-order valence-corrected chi connectivity index (χ2v) is 8.64. The van der Waals surface area contributed by atoms with E-state index in [2.05, 4.69) is 25.5 Å². The number of carbonyl (C=O) groups excluding carboxylic acids is 1. The quantitative estimate of drug-likeness (QED) is 0.394. The SMILES string of the molecule is O=C(Nc1nc(C2CC2)cs1)c1ccc(-c2cnc3ccc(-c4cn[nH]c4)cn23)cc1F. The molecule has 0 atom stereocenters. The molecule has 6 rings (SSSR count). The minimum atomic E-state index is -0.597. The largest absolute Gasteiger partial charge is 0.299 e. The minimum absolute atomic E-state index is 0.0233. The smallest absolute Gasteiger partial charge is 0.260 e. The van der Waals surface area contributed by atoms with E-state index in [1.54, 1.807) is 24.7 Å². The summed E-state index contributed by atoms with van der Waals surface area (Å²) >= 11 is 1.37. The average Bonchev–Trinajstić information content (AvgIpc) is 3.19. The summed E-state index contributed by atoms with van der Waals surface area (Å²) in [5.74, 6) is -0.599. The van der Waals surface area contributed by atoms with E-state index in [1.165, 1.54) is 23.5 Å². The van der Waals surface area contributed by atoms with Crippen molar-refractivity contribution in [3.63, 3.8) is 0 Å². The van der Waals surface area contributed by atoms with Gasteiger partial charge in [0.25, 0.3) is 5.91 Å². The summed E-state index contributed by atoms with van der Waals surface area (Å²) in [6, 6.07) is 8.44. The van der Waals surface area contributed by atoms with Crippen molar-refractivity contribution in [3.8, 4) is 22.4 Å². The van der Waals surface area contributed by atoms with Gasteiger partial charge in [0, 0.05) is 40.4 Å². The molecule has 4 aromatic heterocycles. The van der Waals surface area contributed by atoms with Gasteiger partial charge in [-0.2, -0.15) is 5.10 Å². The van der Waals surface area contributed by atoms with Gasteiger partial charge in [-0.25, -0.2) is 14.4 Å². The molecule has 1 fully saturated rings. The molecule has 0 aliphatic heterocycles. The molecular formula is C23H17FN6OS. The number of imidazole rings is 1. The van der Waals surface area contributed by atoms with Gasteiger partial charge in [0.15, 0.2) is 5.13 Å². The number of pyridine rings is 1. The number of nitrogens with one attached hydrogen (secondary N) is 2. The molecule has 0 radical (unpaired) electrons. The Labute approximate surface area is 186 Å². The lowest BCUT2D eigenvalue weighted by Crippen LogP contribution is -2.13. The monoisotopic (exact) mass is 444 g/mol. The Balaban J connectivity index is 1.29. The van der Waals surface area contributed by atoms with Gasteiger partial charge in [0.1, 0.15) is 11.5 Å². The van der Waals surface area contributed by atoms with Crippen molar-refractivity contribution >= 4 is 28.0 Å².